The number of rotatable bonds is 6. The zero-order chi connectivity index (χ0) is 25.6. The van der Waals surface area contributed by atoms with E-state index in [4.69, 9.17) is 9.47 Å². The molecular weight excluding hydrogens is 452 g/mol. The van der Waals surface area contributed by atoms with Crippen LogP contribution < -0.4 is 0 Å². The summed E-state index contributed by atoms with van der Waals surface area (Å²) in [5.74, 6) is -1.20. The fraction of sp³-hybridized carbons (Fsp3) is 0.778. The van der Waals surface area contributed by atoms with E-state index >= 15 is 0 Å². The summed E-state index contributed by atoms with van der Waals surface area (Å²) in [4.78, 5) is 49.9. The van der Waals surface area contributed by atoms with Gasteiger partial charge in [-0.05, 0) is 74.2 Å². The van der Waals surface area contributed by atoms with Crippen LogP contribution in [0.2, 0.25) is 0 Å². The van der Waals surface area contributed by atoms with E-state index in [1.165, 1.54) is 0 Å². The molecule has 0 amide bonds. The lowest BCUT2D eigenvalue weighted by atomic mass is 9.45. The molecule has 0 radical (unpaired) electrons. The molecule has 4 rings (SSSR count). The van der Waals surface area contributed by atoms with Gasteiger partial charge in [-0.1, -0.05) is 32.8 Å². The van der Waals surface area contributed by atoms with Crippen molar-refractivity contribution in [2.75, 3.05) is 6.61 Å². The van der Waals surface area contributed by atoms with Crippen LogP contribution in [0.25, 0.3) is 0 Å². The van der Waals surface area contributed by atoms with Crippen LogP contribution >= 0.6 is 0 Å². The minimum absolute atomic E-state index is 0.0222. The predicted molar refractivity (Wildman–Crippen MR) is 125 cm³/mol. The summed E-state index contributed by atoms with van der Waals surface area (Å²) in [5.41, 5.74) is -1.75. The van der Waals surface area contributed by atoms with E-state index in [9.17, 15) is 29.4 Å². The molecule has 0 aliphatic heterocycles. The monoisotopic (exact) mass is 490 g/mol. The Morgan fingerprint density at radius 1 is 1.14 bits per heavy atom. The number of aliphatic hydroxyl groups is 2. The second kappa shape index (κ2) is 9.43. The Bertz CT molecular complexity index is 939. The summed E-state index contributed by atoms with van der Waals surface area (Å²) >= 11 is 0. The summed E-state index contributed by atoms with van der Waals surface area (Å²) in [6.45, 7) is 5.11. The minimum atomic E-state index is -1.67. The fourth-order valence-electron chi connectivity index (χ4n) is 8.11. The zero-order valence-electron chi connectivity index (χ0n) is 21.0. The third kappa shape index (κ3) is 4.06. The van der Waals surface area contributed by atoms with Gasteiger partial charge in [0.05, 0.1) is 6.10 Å². The van der Waals surface area contributed by atoms with Crippen LogP contribution in [-0.2, 0) is 23.9 Å². The van der Waals surface area contributed by atoms with E-state index in [2.05, 4.69) is 6.92 Å². The summed E-state index contributed by atoms with van der Waals surface area (Å²) in [6, 6.07) is 0. The number of ether oxygens (including phenoxy) is 2. The van der Waals surface area contributed by atoms with Crippen molar-refractivity contribution >= 4 is 23.7 Å². The lowest BCUT2D eigenvalue weighted by molar-refractivity contribution is -0.188. The molecule has 0 aromatic rings. The number of carbonyl (C=O) groups is 4. The van der Waals surface area contributed by atoms with Gasteiger partial charge < -0.3 is 19.7 Å². The van der Waals surface area contributed by atoms with E-state index in [0.717, 1.165) is 24.8 Å². The molecule has 2 N–H and O–H groups in total. The third-order valence-corrected chi connectivity index (χ3v) is 9.80. The molecule has 0 bridgehead atoms. The van der Waals surface area contributed by atoms with Crippen molar-refractivity contribution in [3.63, 3.8) is 0 Å². The van der Waals surface area contributed by atoms with Crippen LogP contribution in [-0.4, -0.2) is 52.2 Å². The van der Waals surface area contributed by atoms with Crippen LogP contribution in [0.1, 0.15) is 85.0 Å². The number of ketones is 2. The number of allylic oxidation sites excluding steroid dienone is 1. The highest BCUT2D eigenvalue weighted by Crippen LogP contribution is 2.68. The molecule has 0 unspecified atom stereocenters. The van der Waals surface area contributed by atoms with E-state index in [1.54, 1.807) is 6.08 Å². The molecule has 4 aliphatic rings. The smallest absolute Gasteiger partial charge is 0.419 e. The Kier molecular flexibility index (Phi) is 7.01. The molecule has 8 heteroatoms. The van der Waals surface area contributed by atoms with E-state index in [-0.39, 0.29) is 48.2 Å². The molecule has 35 heavy (non-hydrogen) atoms. The molecule has 3 saturated carbocycles. The zero-order valence-corrected chi connectivity index (χ0v) is 21.0. The standard InChI is InChI=1S/C27H38O8/c1-4-5-6-22(32)34-24(33)35-27(21(31)15-28)12-10-19-18-8-7-16-13-17(29)9-11-25(16,2)23(18)20(30)14-26(19,27)3/h13,18-20,23,28,30H,4-12,14-15H2,1-3H3/t18-,19-,20-,23+,25-,26-,27-/m0/s1. The molecule has 0 heterocycles. The quantitative estimate of drug-likeness (QED) is 0.427. The SMILES string of the molecule is CCCCC(=O)OC(=O)O[C@]1(C(=O)CO)CC[C@H]2[C@@H]3CCC4=CC(=O)CC[C@]4(C)[C@H]3[C@@H](O)C[C@@]21C. The van der Waals surface area contributed by atoms with Crippen LogP contribution in [0.15, 0.2) is 11.6 Å². The summed E-state index contributed by atoms with van der Waals surface area (Å²) < 4.78 is 10.5. The molecule has 4 aliphatic carbocycles. The maximum atomic E-state index is 13.2. The molecule has 3 fully saturated rings. The van der Waals surface area contributed by atoms with Crippen LogP contribution in [0.4, 0.5) is 4.79 Å². The molecule has 0 aromatic carbocycles. The number of aliphatic hydroxyl groups excluding tert-OH is 2. The van der Waals surface area contributed by atoms with Gasteiger partial charge in [-0.25, -0.2) is 4.79 Å². The first-order valence-corrected chi connectivity index (χ1v) is 13.0. The Morgan fingerprint density at radius 2 is 1.89 bits per heavy atom. The van der Waals surface area contributed by atoms with Gasteiger partial charge in [-0.2, -0.15) is 0 Å². The van der Waals surface area contributed by atoms with Gasteiger partial charge in [0, 0.05) is 18.3 Å². The topological polar surface area (TPSA) is 127 Å². The number of hydrogen-bond acceptors (Lipinski definition) is 8. The molecule has 0 spiro atoms. The van der Waals surface area contributed by atoms with E-state index < -0.39 is 41.6 Å². The van der Waals surface area contributed by atoms with Gasteiger partial charge >= 0.3 is 12.1 Å². The first kappa shape index (κ1) is 26.0. The molecular formula is C27H38O8. The Balaban J connectivity index is 1.64. The summed E-state index contributed by atoms with van der Waals surface area (Å²) in [6.07, 6.45) is 4.92. The van der Waals surface area contributed by atoms with Gasteiger partial charge in [-0.3, -0.25) is 14.4 Å². The number of carbonyl (C=O) groups excluding carboxylic acids is 4. The fourth-order valence-corrected chi connectivity index (χ4v) is 8.11. The highest BCUT2D eigenvalue weighted by atomic mass is 16.8. The van der Waals surface area contributed by atoms with Gasteiger partial charge in [0.25, 0.3) is 0 Å². The van der Waals surface area contributed by atoms with E-state index in [1.807, 2.05) is 13.8 Å². The van der Waals surface area contributed by atoms with Crippen LogP contribution in [0.3, 0.4) is 0 Å². The van der Waals surface area contributed by atoms with Crippen molar-refractivity contribution in [1.82, 2.24) is 0 Å². The molecule has 0 saturated heterocycles. The van der Waals surface area contributed by atoms with Crippen LogP contribution in [0, 0.1) is 28.6 Å². The van der Waals surface area contributed by atoms with Gasteiger partial charge in [0.1, 0.15) is 6.61 Å². The van der Waals surface area contributed by atoms with Crippen molar-refractivity contribution in [2.45, 2.75) is 96.7 Å². The second-order valence-electron chi connectivity index (χ2n) is 11.5. The molecule has 8 nitrogen and oxygen atoms in total. The third-order valence-electron chi connectivity index (χ3n) is 9.80. The highest BCUT2D eigenvalue weighted by molar-refractivity contribution is 5.93. The normalized spacial score (nSPS) is 40.1. The molecule has 0 aromatic heterocycles. The number of Topliss-reactive ketones (excluding diaryl/α,β-unsaturated/α-hetero) is 1. The number of esters is 1. The Labute approximate surface area is 206 Å². The van der Waals surface area contributed by atoms with Crippen LogP contribution in [0.5, 0.6) is 0 Å². The van der Waals surface area contributed by atoms with Gasteiger partial charge in [-0.15, -0.1) is 0 Å². The van der Waals surface area contributed by atoms with Gasteiger partial charge in [0.2, 0.25) is 5.78 Å². The number of unbranched alkanes of at least 4 members (excludes halogenated alkanes) is 1. The Morgan fingerprint density at radius 3 is 2.57 bits per heavy atom. The predicted octanol–water partition coefficient (Wildman–Crippen LogP) is 3.66. The van der Waals surface area contributed by atoms with Crippen molar-refractivity contribution in [3.05, 3.63) is 11.6 Å². The maximum absolute atomic E-state index is 13.2. The molecule has 194 valence electrons. The first-order valence-electron chi connectivity index (χ1n) is 13.0. The Hall–Kier alpha value is -2.06. The average molecular weight is 491 g/mol. The van der Waals surface area contributed by atoms with Gasteiger partial charge in [0.15, 0.2) is 11.4 Å². The minimum Gasteiger partial charge on any atom is -0.419 e. The molecule has 7 atom stereocenters. The first-order chi connectivity index (χ1) is 16.5. The largest absolute Gasteiger partial charge is 0.517 e. The summed E-state index contributed by atoms with van der Waals surface area (Å²) in [7, 11) is 0. The van der Waals surface area contributed by atoms with E-state index in [0.29, 0.717) is 25.7 Å². The van der Waals surface area contributed by atoms with Crippen molar-refractivity contribution in [2.24, 2.45) is 28.6 Å². The summed E-state index contributed by atoms with van der Waals surface area (Å²) in [5, 5.41) is 21.4. The number of fused-ring (bicyclic) bond motifs is 5. The van der Waals surface area contributed by atoms with Crippen molar-refractivity contribution in [3.8, 4) is 0 Å². The highest BCUT2D eigenvalue weighted by Gasteiger charge is 2.70. The van der Waals surface area contributed by atoms with Crippen molar-refractivity contribution in [1.29, 1.82) is 0 Å². The number of hydrogen-bond donors (Lipinski definition) is 2. The average Bonchev–Trinajstić information content (AvgIpc) is 3.09. The lowest BCUT2D eigenvalue weighted by Crippen LogP contribution is -2.63. The second-order valence-corrected chi connectivity index (χ2v) is 11.5. The van der Waals surface area contributed by atoms with Crippen molar-refractivity contribution < 1.29 is 38.9 Å². The maximum Gasteiger partial charge on any atom is 0.517 e. The lowest BCUT2D eigenvalue weighted by Gasteiger charge is -2.60.